The van der Waals surface area contributed by atoms with E-state index >= 15 is 0 Å². The van der Waals surface area contributed by atoms with Crippen LogP contribution in [0.1, 0.15) is 17.2 Å². The molecular formula is C21H21N3O3. The SMILES string of the molecule is COc1ccccc1[C@H]1NC(=O)N(C)C2=C1C(=O)N(Cc1ccccc1)C2. The summed E-state index contributed by atoms with van der Waals surface area (Å²) in [5.41, 5.74) is 3.19. The fourth-order valence-electron chi connectivity index (χ4n) is 3.69. The molecule has 138 valence electrons. The first-order valence-corrected chi connectivity index (χ1v) is 8.83. The maximum Gasteiger partial charge on any atom is 0.322 e. The predicted molar refractivity (Wildman–Crippen MR) is 101 cm³/mol. The summed E-state index contributed by atoms with van der Waals surface area (Å²) in [5.74, 6) is 0.588. The molecule has 6 heteroatoms. The standard InChI is InChI=1S/C21H21N3O3/c1-23-16-13-24(12-14-8-4-3-5-9-14)20(25)18(16)19(22-21(23)26)15-10-6-7-11-17(15)27-2/h3-11,19H,12-13H2,1-2H3,(H,22,26)/t19-/m1/s1. The van der Waals surface area contributed by atoms with Crippen molar-refractivity contribution < 1.29 is 14.3 Å². The molecule has 6 nitrogen and oxygen atoms in total. The Labute approximate surface area is 158 Å². The van der Waals surface area contributed by atoms with Crippen LogP contribution < -0.4 is 10.1 Å². The number of amides is 3. The average Bonchev–Trinajstić information content (AvgIpc) is 3.02. The number of hydrogen-bond acceptors (Lipinski definition) is 3. The zero-order chi connectivity index (χ0) is 19.0. The fourth-order valence-corrected chi connectivity index (χ4v) is 3.69. The molecule has 0 saturated carbocycles. The Kier molecular flexibility index (Phi) is 4.32. The number of nitrogens with zero attached hydrogens (tertiary/aromatic N) is 2. The van der Waals surface area contributed by atoms with E-state index in [-0.39, 0.29) is 11.9 Å². The highest BCUT2D eigenvalue weighted by Crippen LogP contribution is 2.39. The molecule has 0 unspecified atom stereocenters. The maximum atomic E-state index is 13.2. The summed E-state index contributed by atoms with van der Waals surface area (Å²) in [5, 5.41) is 2.95. The summed E-state index contributed by atoms with van der Waals surface area (Å²) < 4.78 is 5.45. The topological polar surface area (TPSA) is 61.9 Å². The van der Waals surface area contributed by atoms with Crippen molar-refractivity contribution in [2.24, 2.45) is 0 Å². The van der Waals surface area contributed by atoms with E-state index in [1.807, 2.05) is 54.6 Å². The highest BCUT2D eigenvalue weighted by molar-refractivity contribution is 6.01. The Bertz CT molecular complexity index is 923. The second kappa shape index (κ2) is 6.79. The van der Waals surface area contributed by atoms with E-state index in [4.69, 9.17) is 4.74 Å². The molecule has 3 amide bonds. The van der Waals surface area contributed by atoms with Gasteiger partial charge in [-0.15, -0.1) is 0 Å². The van der Waals surface area contributed by atoms with E-state index in [1.54, 1.807) is 19.1 Å². The van der Waals surface area contributed by atoms with Crippen LogP contribution in [-0.2, 0) is 11.3 Å². The molecule has 4 rings (SSSR count). The minimum absolute atomic E-state index is 0.0587. The molecule has 2 heterocycles. The Hall–Kier alpha value is -3.28. The van der Waals surface area contributed by atoms with Gasteiger partial charge >= 0.3 is 6.03 Å². The van der Waals surface area contributed by atoms with Crippen molar-refractivity contribution in [3.8, 4) is 5.75 Å². The van der Waals surface area contributed by atoms with Gasteiger partial charge in [-0.3, -0.25) is 9.69 Å². The number of para-hydroxylation sites is 1. The summed E-state index contributed by atoms with van der Waals surface area (Å²) in [4.78, 5) is 29.0. The number of carbonyl (C=O) groups excluding carboxylic acids is 2. The molecule has 27 heavy (non-hydrogen) atoms. The van der Waals surface area contributed by atoms with E-state index in [2.05, 4.69) is 5.32 Å². The van der Waals surface area contributed by atoms with Crippen molar-refractivity contribution in [3.05, 3.63) is 77.0 Å². The van der Waals surface area contributed by atoms with Gasteiger partial charge in [-0.2, -0.15) is 0 Å². The number of nitrogens with one attached hydrogen (secondary N) is 1. The third-order valence-electron chi connectivity index (χ3n) is 5.10. The molecule has 0 radical (unpaired) electrons. The molecule has 2 aliphatic rings. The van der Waals surface area contributed by atoms with Crippen molar-refractivity contribution in [1.29, 1.82) is 0 Å². The minimum Gasteiger partial charge on any atom is -0.496 e. The first kappa shape index (κ1) is 17.1. The Morgan fingerprint density at radius 1 is 1.07 bits per heavy atom. The van der Waals surface area contributed by atoms with E-state index in [9.17, 15) is 9.59 Å². The molecule has 0 saturated heterocycles. The van der Waals surface area contributed by atoms with Crippen LogP contribution in [0.4, 0.5) is 4.79 Å². The molecule has 0 fully saturated rings. The highest BCUT2D eigenvalue weighted by atomic mass is 16.5. The quantitative estimate of drug-likeness (QED) is 0.909. The number of hydrogen-bond donors (Lipinski definition) is 1. The summed E-state index contributed by atoms with van der Waals surface area (Å²) >= 11 is 0. The first-order valence-electron chi connectivity index (χ1n) is 8.83. The van der Waals surface area contributed by atoms with Crippen molar-refractivity contribution in [3.63, 3.8) is 0 Å². The fraction of sp³-hybridized carbons (Fsp3) is 0.238. The van der Waals surface area contributed by atoms with Gasteiger partial charge in [0.1, 0.15) is 5.75 Å². The number of ether oxygens (including phenoxy) is 1. The van der Waals surface area contributed by atoms with Crippen LogP contribution in [0.3, 0.4) is 0 Å². The number of carbonyl (C=O) groups is 2. The molecule has 2 aromatic rings. The summed E-state index contributed by atoms with van der Waals surface area (Å²) in [6.45, 7) is 0.923. The third kappa shape index (κ3) is 2.93. The lowest BCUT2D eigenvalue weighted by molar-refractivity contribution is -0.126. The zero-order valence-corrected chi connectivity index (χ0v) is 15.3. The molecule has 2 aromatic carbocycles. The summed E-state index contributed by atoms with van der Waals surface area (Å²) in [6.07, 6.45) is 0. The van der Waals surface area contributed by atoms with Gasteiger partial charge in [-0.1, -0.05) is 48.5 Å². The lowest BCUT2D eigenvalue weighted by atomic mass is 9.95. The molecule has 2 aliphatic heterocycles. The second-order valence-electron chi connectivity index (χ2n) is 6.69. The Morgan fingerprint density at radius 2 is 1.78 bits per heavy atom. The van der Waals surface area contributed by atoms with Gasteiger partial charge in [-0.05, 0) is 11.6 Å². The lowest BCUT2D eigenvalue weighted by Crippen LogP contribution is -2.45. The van der Waals surface area contributed by atoms with Crippen LogP contribution in [0.15, 0.2) is 65.9 Å². The normalized spacial score (nSPS) is 19.3. The molecule has 1 N–H and O–H groups in total. The van der Waals surface area contributed by atoms with Crippen molar-refractivity contribution in [1.82, 2.24) is 15.1 Å². The largest absolute Gasteiger partial charge is 0.496 e. The van der Waals surface area contributed by atoms with Crippen LogP contribution in [0.2, 0.25) is 0 Å². The van der Waals surface area contributed by atoms with Crippen molar-refractivity contribution >= 4 is 11.9 Å². The second-order valence-corrected chi connectivity index (χ2v) is 6.69. The van der Waals surface area contributed by atoms with Crippen LogP contribution in [-0.4, -0.2) is 42.4 Å². The first-order chi connectivity index (χ1) is 13.1. The minimum atomic E-state index is -0.520. The molecule has 0 aromatic heterocycles. The van der Waals surface area contributed by atoms with Gasteiger partial charge in [-0.25, -0.2) is 4.79 Å². The predicted octanol–water partition coefficient (Wildman–Crippen LogP) is 2.69. The monoisotopic (exact) mass is 363 g/mol. The average molecular weight is 363 g/mol. The smallest absolute Gasteiger partial charge is 0.322 e. The number of likely N-dealkylation sites (N-methyl/N-ethyl adjacent to an activating group) is 1. The van der Waals surface area contributed by atoms with Crippen LogP contribution >= 0.6 is 0 Å². The van der Waals surface area contributed by atoms with Crippen LogP contribution in [0.5, 0.6) is 5.75 Å². The number of benzene rings is 2. The van der Waals surface area contributed by atoms with Crippen molar-refractivity contribution in [2.45, 2.75) is 12.6 Å². The van der Waals surface area contributed by atoms with Crippen LogP contribution in [0.25, 0.3) is 0 Å². The van der Waals surface area contributed by atoms with Gasteiger partial charge < -0.3 is 15.0 Å². The van der Waals surface area contributed by atoms with Gasteiger partial charge in [0.15, 0.2) is 0 Å². The van der Waals surface area contributed by atoms with Crippen LogP contribution in [0, 0.1) is 0 Å². The Morgan fingerprint density at radius 3 is 2.52 bits per heavy atom. The van der Waals surface area contributed by atoms with E-state index < -0.39 is 6.04 Å². The van der Waals surface area contributed by atoms with Gasteiger partial charge in [0.2, 0.25) is 0 Å². The molecular weight excluding hydrogens is 342 g/mol. The summed E-state index contributed by atoms with van der Waals surface area (Å²) in [7, 11) is 3.28. The van der Waals surface area contributed by atoms with Crippen molar-refractivity contribution in [2.75, 3.05) is 20.7 Å². The maximum absolute atomic E-state index is 13.2. The summed E-state index contributed by atoms with van der Waals surface area (Å²) in [6, 6.07) is 16.6. The number of rotatable bonds is 4. The number of urea groups is 1. The lowest BCUT2D eigenvalue weighted by Gasteiger charge is -2.31. The van der Waals surface area contributed by atoms with Gasteiger partial charge in [0.05, 0.1) is 31.0 Å². The van der Waals surface area contributed by atoms with E-state index in [1.165, 1.54) is 4.90 Å². The number of methoxy groups -OCH3 is 1. The zero-order valence-electron chi connectivity index (χ0n) is 15.3. The van der Waals surface area contributed by atoms with Gasteiger partial charge in [0, 0.05) is 19.2 Å². The highest BCUT2D eigenvalue weighted by Gasteiger charge is 2.43. The Balaban J connectivity index is 1.71. The van der Waals surface area contributed by atoms with Gasteiger partial charge in [0.25, 0.3) is 5.91 Å². The molecule has 0 bridgehead atoms. The van der Waals surface area contributed by atoms with E-state index in [0.717, 1.165) is 16.8 Å². The third-order valence-corrected chi connectivity index (χ3v) is 5.10. The molecule has 1 atom stereocenters. The molecule has 0 aliphatic carbocycles. The van der Waals surface area contributed by atoms with E-state index in [0.29, 0.717) is 24.4 Å². The molecule has 0 spiro atoms.